The maximum absolute atomic E-state index is 5.01. The molecule has 0 spiro atoms. The van der Waals surface area contributed by atoms with Gasteiger partial charge in [-0.2, -0.15) is 0 Å². The van der Waals surface area contributed by atoms with Gasteiger partial charge in [0.05, 0.1) is 0 Å². The van der Waals surface area contributed by atoms with Crippen LogP contribution in [0.25, 0.3) is 0 Å². The van der Waals surface area contributed by atoms with Crippen molar-refractivity contribution in [1.82, 2.24) is 36.9 Å². The molecule has 11 heteroatoms. The van der Waals surface area contributed by atoms with E-state index in [2.05, 4.69) is 0 Å². The van der Waals surface area contributed by atoms with Crippen molar-refractivity contribution >= 4 is 37.7 Å². The molecule has 0 amide bonds. The summed E-state index contributed by atoms with van der Waals surface area (Å²) in [5, 5.41) is 0. The predicted molar refractivity (Wildman–Crippen MR) is 53.5 cm³/mol. The van der Waals surface area contributed by atoms with Crippen LogP contribution >= 0.6 is 37.7 Å². The van der Waals surface area contributed by atoms with E-state index in [0.29, 0.717) is 0 Å². The third-order valence-corrected chi connectivity index (χ3v) is 0. The normalized spacial score (nSPS) is 6.91. The van der Waals surface area contributed by atoms with Crippen molar-refractivity contribution in [2.45, 2.75) is 0 Å². The fourth-order valence-electron chi connectivity index (χ4n) is 0. The summed E-state index contributed by atoms with van der Waals surface area (Å²) in [6.45, 7) is 0. The third-order valence-electron chi connectivity index (χ3n) is 0. The Morgan fingerprint density at radius 3 is 0.455 bits per heavy atom. The average Bonchev–Trinajstić information content (AvgIpc) is 0.722. The summed E-state index contributed by atoms with van der Waals surface area (Å²) in [5.41, 5.74) is 0. The molecule has 86 valence electrons. The van der Waals surface area contributed by atoms with Crippen molar-refractivity contribution in [1.29, 1.82) is 0 Å². The first-order chi connectivity index (χ1) is 2.00. The molecule has 0 radical (unpaired) electrons. The van der Waals surface area contributed by atoms with Gasteiger partial charge in [-0.25, -0.2) is 0 Å². The summed E-state index contributed by atoms with van der Waals surface area (Å²) in [6, 6.07) is 0. The molecular weight excluding hydrogens is 421 g/mol. The number of rotatable bonds is 0. The van der Waals surface area contributed by atoms with Crippen LogP contribution in [0.5, 0.6) is 0 Å². The summed E-state index contributed by atoms with van der Waals surface area (Å²) < 4.78 is 0. The van der Waals surface area contributed by atoms with E-state index in [1.165, 1.54) is 0 Å². The van der Waals surface area contributed by atoms with Crippen LogP contribution in [0, 0.1) is 0 Å². The summed E-state index contributed by atoms with van der Waals surface area (Å²) in [5.74, 6) is 0. The molecule has 0 saturated carbocycles. The Bertz CT molecular complexity index is 30.1. The first kappa shape index (κ1) is 54.0. The molecule has 0 aliphatic carbocycles. The third kappa shape index (κ3) is 414. The van der Waals surface area contributed by atoms with E-state index in [1.54, 1.807) is 0 Å². The molecule has 18 N–H and O–H groups in total. The Hall–Kier alpha value is 1.61. The zero-order chi connectivity index (χ0) is 4.50. The summed E-state index contributed by atoms with van der Waals surface area (Å²) >= 11 is -3.06. The second kappa shape index (κ2) is 22.6. The molecule has 6 nitrogen and oxygen atoms in total. The average molecular weight is 439 g/mol. The second-order valence-corrected chi connectivity index (χ2v) is 20.0. The van der Waals surface area contributed by atoms with Crippen LogP contribution < -0.4 is 36.9 Å². The first-order valence-corrected chi connectivity index (χ1v) is 11.7. The predicted octanol–water partition coefficient (Wildman–Crippen LogP) is 3.73. The van der Waals surface area contributed by atoms with Crippen LogP contribution in [0.4, 0.5) is 0 Å². The van der Waals surface area contributed by atoms with Crippen LogP contribution in [-0.2, 0) is 11.9 Å². The fraction of sp³-hybridized carbons (Fsp3) is 0. The van der Waals surface area contributed by atoms with E-state index in [9.17, 15) is 0 Å². The first-order valence-electron chi connectivity index (χ1n) is 0.478. The van der Waals surface area contributed by atoms with Gasteiger partial charge in [0, 0.05) is 0 Å². The van der Waals surface area contributed by atoms with Crippen LogP contribution in [0.2, 0.25) is 0 Å². The van der Waals surface area contributed by atoms with Crippen molar-refractivity contribution in [3.05, 3.63) is 0 Å². The van der Waals surface area contributed by atoms with Gasteiger partial charge in [0.2, 0.25) is 0 Å². The fourth-order valence-corrected chi connectivity index (χ4v) is 0. The SMILES string of the molecule is N.N.N.N.N.N.[Cl][Pt]([Cl])([Cl])[Cl]. The number of halogens is 4. The van der Waals surface area contributed by atoms with E-state index >= 15 is 0 Å². The Balaban J connectivity index is -0.00000000533. The van der Waals surface area contributed by atoms with Crippen molar-refractivity contribution in [2.75, 3.05) is 0 Å². The Morgan fingerprint density at radius 1 is 0.455 bits per heavy atom. The maximum atomic E-state index is 5.01. The molecule has 0 aliphatic heterocycles. The van der Waals surface area contributed by atoms with E-state index in [0.717, 1.165) is 0 Å². The standard InChI is InChI=1S/4ClH.6H3N.Pt/h4*1H;6*1H3;/q;;;;;;;;;;+4/p-4. The summed E-state index contributed by atoms with van der Waals surface area (Å²) in [4.78, 5) is 0. The van der Waals surface area contributed by atoms with Gasteiger partial charge in [-0.1, -0.05) is 0 Å². The molecule has 11 heavy (non-hydrogen) atoms. The molecule has 0 aromatic rings. The molecule has 0 rings (SSSR count). The van der Waals surface area contributed by atoms with Gasteiger partial charge < -0.3 is 36.9 Å². The zero-order valence-corrected chi connectivity index (χ0v) is 11.4. The molecule has 0 aliphatic rings. The summed E-state index contributed by atoms with van der Waals surface area (Å²) in [7, 11) is 20.0. The van der Waals surface area contributed by atoms with Crippen LogP contribution in [0.3, 0.4) is 0 Å². The minimum absolute atomic E-state index is 0. The Labute approximate surface area is 86.1 Å². The molecule has 0 atom stereocenters. The quantitative estimate of drug-likeness (QED) is 0.331. The van der Waals surface area contributed by atoms with Crippen LogP contribution in [0.15, 0.2) is 0 Å². The van der Waals surface area contributed by atoms with Gasteiger partial charge >= 0.3 is 49.6 Å². The van der Waals surface area contributed by atoms with Crippen LogP contribution in [-0.4, -0.2) is 0 Å². The van der Waals surface area contributed by atoms with Crippen molar-refractivity contribution in [2.24, 2.45) is 0 Å². The van der Waals surface area contributed by atoms with Crippen molar-refractivity contribution in [3.63, 3.8) is 0 Å². The molecule has 0 bridgehead atoms. The zero-order valence-electron chi connectivity index (χ0n) is 6.07. The van der Waals surface area contributed by atoms with Crippen molar-refractivity contribution in [3.8, 4) is 0 Å². The van der Waals surface area contributed by atoms with Gasteiger partial charge in [-0.15, -0.1) is 0 Å². The molecule has 0 unspecified atom stereocenters. The second-order valence-electron chi connectivity index (χ2n) is 0.271. The molecule has 0 aromatic carbocycles. The van der Waals surface area contributed by atoms with Gasteiger partial charge in [0.1, 0.15) is 0 Å². The molecule has 0 saturated heterocycles. The van der Waals surface area contributed by atoms with Gasteiger partial charge in [-0.05, 0) is 0 Å². The Kier molecular flexibility index (Phi) is 111. The van der Waals surface area contributed by atoms with Crippen molar-refractivity contribution < 1.29 is 11.9 Å². The topological polar surface area (TPSA) is 210 Å². The molecular formula is H18Cl4N6Pt. The number of hydrogen-bond acceptors (Lipinski definition) is 6. The minimum atomic E-state index is -3.06. The van der Waals surface area contributed by atoms with Crippen LogP contribution in [0.1, 0.15) is 0 Å². The van der Waals surface area contributed by atoms with E-state index in [1.807, 2.05) is 0 Å². The van der Waals surface area contributed by atoms with E-state index in [4.69, 9.17) is 37.7 Å². The monoisotopic (exact) mass is 437 g/mol. The van der Waals surface area contributed by atoms with E-state index < -0.39 is 11.9 Å². The summed E-state index contributed by atoms with van der Waals surface area (Å²) in [6.07, 6.45) is 0. The Morgan fingerprint density at radius 2 is 0.455 bits per heavy atom. The molecule has 0 aromatic heterocycles. The van der Waals surface area contributed by atoms with E-state index in [-0.39, 0.29) is 36.9 Å². The molecule has 0 fully saturated rings. The van der Waals surface area contributed by atoms with Gasteiger partial charge in [0.25, 0.3) is 0 Å². The molecule has 0 heterocycles. The number of hydrogen-bond donors (Lipinski definition) is 6. The van der Waals surface area contributed by atoms with Gasteiger partial charge in [-0.3, -0.25) is 0 Å². The van der Waals surface area contributed by atoms with Gasteiger partial charge in [0.15, 0.2) is 0 Å².